The summed E-state index contributed by atoms with van der Waals surface area (Å²) in [6.45, 7) is 0.561. The monoisotopic (exact) mass is 438 g/mol. The average molecular weight is 439 g/mol. The number of hydrogen-bond acceptors (Lipinski definition) is 5. The minimum absolute atomic E-state index is 0.224. The van der Waals surface area contributed by atoms with Crippen LogP contribution >= 0.6 is 0 Å². The van der Waals surface area contributed by atoms with E-state index in [1.54, 1.807) is 6.21 Å². The van der Waals surface area contributed by atoms with Crippen molar-refractivity contribution in [3.05, 3.63) is 77.4 Å². The zero-order valence-corrected chi connectivity index (χ0v) is 18.4. The summed E-state index contributed by atoms with van der Waals surface area (Å²) in [7, 11) is 0. The molecule has 0 unspecified atom stereocenters. The van der Waals surface area contributed by atoms with Crippen LogP contribution < -0.4 is 11.1 Å². The number of fused-ring (bicyclic) bond motifs is 2. The highest BCUT2D eigenvalue weighted by Crippen LogP contribution is 2.28. The van der Waals surface area contributed by atoms with Gasteiger partial charge in [0.25, 0.3) is 5.91 Å². The molecule has 1 aliphatic rings. The number of rotatable bonds is 6. The van der Waals surface area contributed by atoms with Crippen molar-refractivity contribution in [2.24, 2.45) is 5.10 Å². The Hall–Kier alpha value is -4.00. The summed E-state index contributed by atoms with van der Waals surface area (Å²) in [5.74, 6) is -0.0333. The predicted octanol–water partition coefficient (Wildman–Crippen LogP) is 4.67. The number of carbonyl (C=O) groups excluding carboxylic acids is 1. The minimum Gasteiger partial charge on any atom is -0.383 e. The first-order chi connectivity index (χ1) is 16.2. The second-order valence-electron chi connectivity index (χ2n) is 8.23. The molecule has 2 aromatic heterocycles. The second-order valence-corrected chi connectivity index (χ2v) is 8.23. The van der Waals surface area contributed by atoms with E-state index in [4.69, 9.17) is 15.7 Å². The van der Waals surface area contributed by atoms with Gasteiger partial charge in [-0.25, -0.2) is 9.97 Å². The molecule has 0 spiro atoms. The molecule has 4 aromatic rings. The van der Waals surface area contributed by atoms with Gasteiger partial charge >= 0.3 is 0 Å². The maximum atomic E-state index is 13.2. The molecule has 0 bridgehead atoms. The highest BCUT2D eigenvalue weighted by molar-refractivity contribution is 6.10. The first-order valence-corrected chi connectivity index (χ1v) is 11.3. The topological polar surface area (TPSA) is 98.2 Å². The van der Waals surface area contributed by atoms with E-state index in [1.165, 1.54) is 23.1 Å². The summed E-state index contributed by atoms with van der Waals surface area (Å²) < 4.78 is 1.50. The van der Waals surface area contributed by atoms with Gasteiger partial charge in [-0.05, 0) is 49.8 Å². The minimum atomic E-state index is -0.257. The van der Waals surface area contributed by atoms with Gasteiger partial charge in [0.2, 0.25) is 0 Å². The lowest BCUT2D eigenvalue weighted by Crippen LogP contribution is -2.25. The van der Waals surface area contributed by atoms with Crippen molar-refractivity contribution < 1.29 is 4.79 Å². The van der Waals surface area contributed by atoms with Crippen LogP contribution in [0, 0.1) is 0 Å². The number of nitrogens with two attached hydrogens (primary N) is 1. The van der Waals surface area contributed by atoms with E-state index in [0.717, 1.165) is 30.3 Å². The molecular formula is C26H26N6O. The van der Waals surface area contributed by atoms with E-state index in [1.807, 2.05) is 54.6 Å². The van der Waals surface area contributed by atoms with Crippen molar-refractivity contribution in [1.82, 2.24) is 20.0 Å². The van der Waals surface area contributed by atoms with Gasteiger partial charge in [-0.15, -0.1) is 0 Å². The van der Waals surface area contributed by atoms with Crippen molar-refractivity contribution >= 4 is 40.1 Å². The fourth-order valence-electron chi connectivity index (χ4n) is 4.21. The quantitative estimate of drug-likeness (QED) is 0.338. The lowest BCUT2D eigenvalue weighted by Gasteiger charge is -2.12. The molecule has 0 atom stereocenters. The summed E-state index contributed by atoms with van der Waals surface area (Å²) in [4.78, 5) is 22.7. The van der Waals surface area contributed by atoms with Crippen molar-refractivity contribution in [2.45, 2.75) is 32.1 Å². The van der Waals surface area contributed by atoms with Crippen molar-refractivity contribution in [1.29, 1.82) is 0 Å². The predicted molar refractivity (Wildman–Crippen MR) is 132 cm³/mol. The molecule has 7 nitrogen and oxygen atoms in total. The summed E-state index contributed by atoms with van der Waals surface area (Å²) >= 11 is 0. The smallest absolute Gasteiger partial charge is 0.257 e. The van der Waals surface area contributed by atoms with Crippen LogP contribution in [-0.4, -0.2) is 33.3 Å². The number of carbonyl (C=O) groups is 1. The molecule has 0 fully saturated rings. The molecule has 2 heterocycles. The molecule has 1 amide bonds. The van der Waals surface area contributed by atoms with Crippen LogP contribution in [0.1, 0.15) is 48.0 Å². The fourth-order valence-corrected chi connectivity index (χ4v) is 4.21. The lowest BCUT2D eigenvalue weighted by molar-refractivity contribution is 0.0956. The maximum Gasteiger partial charge on any atom is 0.257 e. The Morgan fingerprint density at radius 1 is 1.06 bits per heavy atom. The standard InChI is InChI=1S/C26H26N6O/c27-24-22(26(33)28-16-15-18-9-3-1-4-10-18)23-25(31-21-14-8-7-13-20(21)30-23)32(24)29-17-19-11-5-2-6-12-19/h2,5-9,11-14,17H,1,3-4,10,15-16,27H2,(H,28,33)/b29-17-. The summed E-state index contributed by atoms with van der Waals surface area (Å²) in [6.07, 6.45) is 9.57. The van der Waals surface area contributed by atoms with Crippen LogP contribution in [-0.2, 0) is 0 Å². The Balaban J connectivity index is 1.52. The van der Waals surface area contributed by atoms with Crippen LogP contribution in [0.4, 0.5) is 5.82 Å². The van der Waals surface area contributed by atoms with Crippen molar-refractivity contribution in [3.8, 4) is 0 Å². The Kier molecular flexibility index (Phi) is 5.85. The van der Waals surface area contributed by atoms with Gasteiger partial charge in [-0.3, -0.25) is 4.79 Å². The highest BCUT2D eigenvalue weighted by Gasteiger charge is 2.24. The molecule has 0 saturated heterocycles. The largest absolute Gasteiger partial charge is 0.383 e. The van der Waals surface area contributed by atoms with Crippen LogP contribution in [0.5, 0.6) is 0 Å². The Bertz CT molecular complexity index is 1370. The summed E-state index contributed by atoms with van der Waals surface area (Å²) in [5, 5.41) is 7.56. The molecule has 2 aromatic carbocycles. The SMILES string of the molecule is Nc1c(C(=O)NCCC2=CCCCC2)c2nc3ccccc3nc2n1/N=C\c1ccccc1. The molecule has 166 valence electrons. The van der Waals surface area contributed by atoms with E-state index in [0.29, 0.717) is 28.8 Å². The molecule has 0 saturated carbocycles. The third-order valence-corrected chi connectivity index (χ3v) is 5.94. The van der Waals surface area contributed by atoms with Gasteiger partial charge in [0.05, 0.1) is 17.2 Å². The van der Waals surface area contributed by atoms with Crippen molar-refractivity contribution in [3.63, 3.8) is 0 Å². The summed E-state index contributed by atoms with van der Waals surface area (Å²) in [6, 6.07) is 17.3. The third-order valence-electron chi connectivity index (χ3n) is 5.94. The van der Waals surface area contributed by atoms with Crippen LogP contribution in [0.25, 0.3) is 22.2 Å². The number of benzene rings is 2. The number of nitrogens with one attached hydrogen (secondary N) is 1. The Morgan fingerprint density at radius 2 is 1.82 bits per heavy atom. The van der Waals surface area contributed by atoms with Gasteiger partial charge in [0.1, 0.15) is 16.9 Å². The molecule has 3 N–H and O–H groups in total. The number of allylic oxidation sites excluding steroid dienone is 1. The number of para-hydroxylation sites is 2. The second kappa shape index (κ2) is 9.24. The lowest BCUT2D eigenvalue weighted by atomic mass is 9.97. The number of anilines is 1. The summed E-state index contributed by atoms with van der Waals surface area (Å²) in [5.41, 5.74) is 11.4. The zero-order valence-electron chi connectivity index (χ0n) is 18.4. The zero-order chi connectivity index (χ0) is 22.6. The number of nitrogens with zero attached hydrogens (tertiary/aromatic N) is 4. The molecule has 7 heteroatoms. The van der Waals surface area contributed by atoms with Crippen LogP contribution in [0.2, 0.25) is 0 Å². The Morgan fingerprint density at radius 3 is 2.58 bits per heavy atom. The normalized spacial score (nSPS) is 14.1. The molecule has 0 radical (unpaired) electrons. The van der Waals surface area contributed by atoms with Gasteiger partial charge < -0.3 is 11.1 Å². The van der Waals surface area contributed by atoms with Crippen molar-refractivity contribution in [2.75, 3.05) is 12.3 Å². The van der Waals surface area contributed by atoms with Gasteiger partial charge in [0, 0.05) is 6.54 Å². The van der Waals surface area contributed by atoms with E-state index in [9.17, 15) is 4.79 Å². The van der Waals surface area contributed by atoms with Gasteiger partial charge in [-0.1, -0.05) is 54.1 Å². The fraction of sp³-hybridized carbons (Fsp3) is 0.231. The van der Waals surface area contributed by atoms with E-state index < -0.39 is 0 Å². The van der Waals surface area contributed by atoms with Gasteiger partial charge in [-0.2, -0.15) is 9.78 Å². The molecular weight excluding hydrogens is 412 g/mol. The Labute approximate surface area is 192 Å². The third kappa shape index (κ3) is 4.35. The van der Waals surface area contributed by atoms with Crippen LogP contribution in [0.3, 0.4) is 0 Å². The molecule has 1 aliphatic carbocycles. The van der Waals surface area contributed by atoms with E-state index in [-0.39, 0.29) is 11.7 Å². The average Bonchev–Trinajstić information content (AvgIpc) is 3.12. The first kappa shape index (κ1) is 20.9. The maximum absolute atomic E-state index is 13.2. The first-order valence-electron chi connectivity index (χ1n) is 11.3. The van der Waals surface area contributed by atoms with Crippen LogP contribution in [0.15, 0.2) is 71.3 Å². The number of amides is 1. The molecule has 0 aliphatic heterocycles. The number of hydrogen-bond donors (Lipinski definition) is 2. The molecule has 5 rings (SSSR count). The van der Waals surface area contributed by atoms with E-state index in [2.05, 4.69) is 16.5 Å². The number of nitrogen functional groups attached to an aromatic ring is 1. The van der Waals surface area contributed by atoms with E-state index >= 15 is 0 Å². The van der Waals surface area contributed by atoms with Gasteiger partial charge in [0.15, 0.2) is 5.65 Å². The molecule has 33 heavy (non-hydrogen) atoms. The highest BCUT2D eigenvalue weighted by atomic mass is 16.1. The number of aromatic nitrogens is 3.